The highest BCUT2D eigenvalue weighted by molar-refractivity contribution is 5.89. The first-order valence-electron chi connectivity index (χ1n) is 35.1. The molecule has 0 aromatic heterocycles. The van der Waals surface area contributed by atoms with E-state index in [2.05, 4.69) is 53.3 Å². The molecule has 90 heavy (non-hydrogen) atoms. The molecule has 5 heterocycles. The minimum atomic E-state index is -1.65. The number of ketones is 1. The van der Waals surface area contributed by atoms with Crippen molar-refractivity contribution in [3.05, 3.63) is 99.1 Å². The fourth-order valence-corrected chi connectivity index (χ4v) is 19.7. The van der Waals surface area contributed by atoms with Crippen molar-refractivity contribution >= 4 is 23.4 Å². The number of aromatic hydroxyl groups is 1. The zero-order chi connectivity index (χ0) is 62.1. The molecule has 0 radical (unpaired) electrons. The van der Waals surface area contributed by atoms with E-state index >= 15 is 4.79 Å². The summed E-state index contributed by atoms with van der Waals surface area (Å²) in [5.74, 6) is 11.2. The molecule has 2 spiro atoms. The average Bonchev–Trinajstić information content (AvgIpc) is 0.897. The van der Waals surface area contributed by atoms with Crippen molar-refractivity contribution in [2.24, 2.45) is 40.9 Å². The van der Waals surface area contributed by atoms with E-state index in [1.165, 1.54) is 0 Å². The molecule has 14 bridgehead atoms. The number of aliphatic hydroxyl groups is 5. The molecule has 5 aliphatic heterocycles. The summed E-state index contributed by atoms with van der Waals surface area (Å²) in [5, 5.41) is 81.4. The number of Topliss-reactive ketones (excluding diaryl/α,β-unsaturated/α-hetero) is 1. The maximum absolute atomic E-state index is 16.5. The van der Waals surface area contributed by atoms with Gasteiger partial charge < -0.3 is 50.2 Å². The van der Waals surface area contributed by atoms with E-state index in [1.807, 2.05) is 24.3 Å². The smallest absolute Gasteiger partial charge is 0.334 e. The van der Waals surface area contributed by atoms with Crippen molar-refractivity contribution in [1.82, 2.24) is 0 Å². The summed E-state index contributed by atoms with van der Waals surface area (Å²) in [7, 11) is 0. The quantitative estimate of drug-likeness (QED) is 0.0724. The molecule has 7 saturated carbocycles. The number of benzene rings is 3. The highest BCUT2D eigenvalue weighted by Gasteiger charge is 2.62. The van der Waals surface area contributed by atoms with Crippen molar-refractivity contribution in [1.29, 1.82) is 0 Å². The van der Waals surface area contributed by atoms with Gasteiger partial charge >= 0.3 is 11.9 Å². The van der Waals surface area contributed by atoms with Gasteiger partial charge in [0.05, 0.1) is 42.7 Å². The third-order valence-electron chi connectivity index (χ3n) is 24.9. The first-order chi connectivity index (χ1) is 43.5. The molecule has 7 aliphatic carbocycles. The Bertz CT molecular complexity index is 3390. The number of carbonyl (C=O) groups excluding carboxylic acids is 3. The number of hydrogen-bond acceptors (Lipinski definition) is 13. The lowest BCUT2D eigenvalue weighted by molar-refractivity contribution is -0.228. The minimum Gasteiger partial charge on any atom is -0.507 e. The van der Waals surface area contributed by atoms with Crippen molar-refractivity contribution in [3.8, 4) is 35.2 Å². The molecule has 13 heteroatoms. The number of phenols is 1. The number of carbonyl (C=O) groups is 3. The number of ether oxygens (including phenoxy) is 3. The summed E-state index contributed by atoms with van der Waals surface area (Å²) >= 11 is 0. The predicted octanol–water partition coefficient (Wildman–Crippen LogP) is 12.1. The number of anilines is 1. The average molecular weight is 1230 g/mol. The van der Waals surface area contributed by atoms with Crippen LogP contribution in [0.2, 0.25) is 0 Å². The Morgan fingerprint density at radius 3 is 2.23 bits per heavy atom. The molecular formula is C77H95NO12. The van der Waals surface area contributed by atoms with Crippen molar-refractivity contribution in [2.45, 2.75) is 258 Å². The lowest BCUT2D eigenvalue weighted by Gasteiger charge is -2.59. The normalized spacial score (nSPS) is 37.4. The van der Waals surface area contributed by atoms with Crippen LogP contribution in [0.15, 0.2) is 60.2 Å². The predicted molar refractivity (Wildman–Crippen MR) is 341 cm³/mol. The van der Waals surface area contributed by atoms with Gasteiger partial charge in [-0.25, -0.2) is 4.79 Å². The molecule has 7 N–H and O–H groups in total. The summed E-state index contributed by atoms with van der Waals surface area (Å²) in [6.45, 7) is 1.45. The summed E-state index contributed by atoms with van der Waals surface area (Å²) in [4.78, 5) is 45.6. The molecule has 0 amide bonds. The van der Waals surface area contributed by atoms with Gasteiger partial charge in [-0.05, 0) is 185 Å². The number of phenolic OH excluding ortho intramolecular Hbond substituents is 1. The van der Waals surface area contributed by atoms with E-state index < -0.39 is 76.1 Å². The Labute approximate surface area is 531 Å². The number of esters is 2. The highest BCUT2D eigenvalue weighted by atomic mass is 16.6. The number of hydrogen-bond donors (Lipinski definition) is 7. The molecule has 3 aromatic rings. The van der Waals surface area contributed by atoms with Gasteiger partial charge in [0.25, 0.3) is 0 Å². The van der Waals surface area contributed by atoms with Crippen LogP contribution in [0.5, 0.6) is 11.5 Å². The molecule has 3 aromatic carbocycles. The highest BCUT2D eigenvalue weighted by Crippen LogP contribution is 2.60. The van der Waals surface area contributed by atoms with Crippen LogP contribution in [0.25, 0.3) is 0 Å². The van der Waals surface area contributed by atoms with E-state index in [-0.39, 0.29) is 97.6 Å². The third kappa shape index (κ3) is 11.6. The van der Waals surface area contributed by atoms with Gasteiger partial charge in [-0.1, -0.05) is 125 Å². The van der Waals surface area contributed by atoms with Gasteiger partial charge in [0.15, 0.2) is 0 Å². The lowest BCUT2D eigenvalue weighted by Crippen LogP contribution is -2.65. The van der Waals surface area contributed by atoms with Gasteiger partial charge in [-0.2, -0.15) is 0 Å². The van der Waals surface area contributed by atoms with Crippen LogP contribution in [0, 0.1) is 64.6 Å². The van der Waals surface area contributed by atoms with E-state index in [4.69, 9.17) is 14.2 Å². The Hall–Kier alpha value is -5.51. The number of nitrogens with one attached hydrogen (secondary N) is 1. The summed E-state index contributed by atoms with van der Waals surface area (Å²) in [6, 6.07) is 16.2. The van der Waals surface area contributed by atoms with Crippen molar-refractivity contribution in [2.75, 3.05) is 18.5 Å². The van der Waals surface area contributed by atoms with Crippen molar-refractivity contribution in [3.63, 3.8) is 0 Å². The largest absolute Gasteiger partial charge is 0.507 e. The fraction of sp³-hybridized carbons (Fsp3) is 0.649. The molecule has 15 rings (SSSR count). The van der Waals surface area contributed by atoms with Gasteiger partial charge in [-0.15, -0.1) is 0 Å². The number of aliphatic hydroxyl groups excluding tert-OH is 3. The standard InChI is InChI=1S/C77H95NO12/c1-74(86)45-78-57-37-52(36-54(38-57)72(84)75(28-10-11-29-75)32-27-46-19-23-58(24-20-46)88-44-66(74)81)49-21-22-50-43-68(82)90-71-59(50)40-53(70(83)69(71)48-14-4-2-5-15-48)42-67-77(87)62-18-7-6-16-51(62)39-60-61(64(79)26-25-63(60)77)34-47-13-12-17-56(33-47)76(30-8-3-9-31-76)65(80)41-55(35-49)73(85)89-67/h12-13,17,33,36-38,40-41,46,48-51,58,60-63,65-67,72,78,80-81,83-84,86-87H,2-11,14-16,18-20,23-26,28-31,34-35,39,42-45H2,1H3/b55-41-/t46?,49-,50+,51+,58?,60-,61+,62-,63-,65-,66-,67+,72+,74-,77-/m0/s1. The molecule has 0 unspecified atom stereocenters. The van der Waals surface area contributed by atoms with Crippen LogP contribution in [0.1, 0.15) is 243 Å². The van der Waals surface area contributed by atoms with Gasteiger partial charge in [-0.3, -0.25) is 9.59 Å². The Morgan fingerprint density at radius 2 is 1.43 bits per heavy atom. The molecule has 480 valence electrons. The van der Waals surface area contributed by atoms with Crippen LogP contribution in [0.3, 0.4) is 0 Å². The Kier molecular flexibility index (Phi) is 17.3. The SMILES string of the molecule is C[C@]1(O)CNc2cc(cc([C@H]3C#C[C@@H]4CC(=O)Oc5c4cc(c(O)c5C4CCCCC4)C[C@H]4OC(=O)/C(=C\[C@H](O)C5(CCCCC5)c5cccc(c5)C[C@H]5C(=O)CC[C@H]6[C@H]5C[C@H]5CCCC[C@@H]5[C@@]46O)C3)c2)[C@@H](O)C2(C#CC3CCC(CC3)OC[C@@H]1O)CCCC2. The Balaban J connectivity index is 0.994. The molecule has 13 atom stereocenters. The minimum absolute atomic E-state index is 0.0152. The van der Waals surface area contributed by atoms with Gasteiger partial charge in [0.2, 0.25) is 0 Å². The zero-order valence-electron chi connectivity index (χ0n) is 52.8. The summed E-state index contributed by atoms with van der Waals surface area (Å²) < 4.78 is 19.9. The van der Waals surface area contributed by atoms with Crippen LogP contribution in [-0.4, -0.2) is 97.1 Å². The third-order valence-corrected chi connectivity index (χ3v) is 24.9. The van der Waals surface area contributed by atoms with Crippen LogP contribution < -0.4 is 10.1 Å². The second-order valence-corrected chi connectivity index (χ2v) is 30.3. The molecule has 13 nitrogen and oxygen atoms in total. The molecular weight excluding hydrogens is 1130 g/mol. The van der Waals surface area contributed by atoms with Crippen LogP contribution >= 0.6 is 0 Å². The van der Waals surface area contributed by atoms with Crippen LogP contribution in [0.4, 0.5) is 5.69 Å². The summed E-state index contributed by atoms with van der Waals surface area (Å²) in [5.41, 5.74) is 0.747. The second kappa shape index (κ2) is 25.1. The first kappa shape index (κ1) is 62.0. The van der Waals surface area contributed by atoms with E-state index in [9.17, 15) is 40.2 Å². The maximum atomic E-state index is 16.5. The second-order valence-electron chi connectivity index (χ2n) is 30.3. The number of fused-ring (bicyclic) bond motifs is 17. The van der Waals surface area contributed by atoms with E-state index in [1.54, 1.807) is 13.0 Å². The monoisotopic (exact) mass is 1230 g/mol. The Morgan fingerprint density at radius 1 is 0.700 bits per heavy atom. The maximum Gasteiger partial charge on any atom is 0.334 e. The van der Waals surface area contributed by atoms with Gasteiger partial charge in [0, 0.05) is 64.9 Å². The first-order valence-corrected chi connectivity index (χ1v) is 35.1. The van der Waals surface area contributed by atoms with Crippen LogP contribution in [-0.2, 0) is 42.1 Å². The van der Waals surface area contributed by atoms with E-state index in [0.717, 1.165) is 133 Å². The molecule has 0 saturated heterocycles. The fourth-order valence-electron chi connectivity index (χ4n) is 19.7. The van der Waals surface area contributed by atoms with Gasteiger partial charge in [0.1, 0.15) is 40.7 Å². The molecule has 7 fully saturated rings. The van der Waals surface area contributed by atoms with E-state index in [0.29, 0.717) is 77.8 Å². The van der Waals surface area contributed by atoms with Crippen molar-refractivity contribution < 1.29 is 59.2 Å². The zero-order valence-corrected chi connectivity index (χ0v) is 52.8. The summed E-state index contributed by atoms with van der Waals surface area (Å²) in [6.07, 6.45) is 17.2. The molecule has 12 aliphatic rings. The lowest BCUT2D eigenvalue weighted by atomic mass is 9.48. The topological polar surface area (TPSA) is 212 Å². The number of rotatable bonds is 2.